The van der Waals surface area contributed by atoms with Gasteiger partial charge in [0.05, 0.1) is 24.9 Å². The molecule has 2 amide bonds. The number of H-pyrrole nitrogens is 1. The number of anilines is 1. The molecule has 1 saturated heterocycles. The maximum atomic E-state index is 13.4. The number of aliphatic hydroxyl groups excluding tert-OH is 2. The summed E-state index contributed by atoms with van der Waals surface area (Å²) >= 11 is 0. The molecule has 19 nitrogen and oxygen atoms in total. The molecule has 20 heteroatoms. The van der Waals surface area contributed by atoms with E-state index in [0.29, 0.717) is 41.6 Å². The van der Waals surface area contributed by atoms with Gasteiger partial charge in [-0.3, -0.25) is 23.4 Å². The maximum Gasteiger partial charge on any atom is 0.472 e. The van der Waals surface area contributed by atoms with Crippen LogP contribution >= 0.6 is 7.82 Å². The van der Waals surface area contributed by atoms with Crippen molar-refractivity contribution < 1.29 is 62.7 Å². The fourth-order valence-corrected chi connectivity index (χ4v) is 8.00. The number of benzene rings is 3. The Balaban J connectivity index is 0.866. The van der Waals surface area contributed by atoms with E-state index in [1.807, 2.05) is 0 Å². The normalized spacial score (nSPS) is 20.3. The number of amides is 2. The zero-order chi connectivity index (χ0) is 41.4. The lowest BCUT2D eigenvalue weighted by molar-refractivity contribution is -0.0471. The van der Waals surface area contributed by atoms with E-state index < -0.39 is 67.6 Å². The first-order valence-corrected chi connectivity index (χ1v) is 19.8. The molecule has 1 fully saturated rings. The molecule has 0 saturated carbocycles. The van der Waals surface area contributed by atoms with Crippen LogP contribution in [-0.2, 0) is 28.7 Å². The molecular weight excluding hydrogens is 783 g/mol. The number of hydrogen-bond acceptors (Lipinski definition) is 14. The molecule has 8 N–H and O–H groups in total. The third-order valence-corrected chi connectivity index (χ3v) is 11.1. The molecule has 5 atom stereocenters. The van der Waals surface area contributed by atoms with Crippen molar-refractivity contribution in [3.05, 3.63) is 109 Å². The minimum Gasteiger partial charge on any atom is -0.508 e. The summed E-state index contributed by atoms with van der Waals surface area (Å²) in [6, 6.07) is 13.1. The molecule has 0 bridgehead atoms. The number of phosphoric ester groups is 1. The van der Waals surface area contributed by atoms with E-state index in [-0.39, 0.29) is 60.3 Å². The Morgan fingerprint density at radius 3 is 2.40 bits per heavy atom. The number of nitrogens with one attached hydrogen (secondary N) is 3. The van der Waals surface area contributed by atoms with Gasteiger partial charge in [0.2, 0.25) is 0 Å². The first-order chi connectivity index (χ1) is 27.7. The Labute approximate surface area is 329 Å². The number of urea groups is 1. The number of aliphatic hydroxyl groups is 2. The number of aromatic nitrogens is 2. The highest BCUT2D eigenvalue weighted by Crippen LogP contribution is 2.57. The van der Waals surface area contributed by atoms with Gasteiger partial charge in [0.15, 0.2) is 5.60 Å². The van der Waals surface area contributed by atoms with E-state index in [1.165, 1.54) is 43.5 Å². The predicted molar refractivity (Wildman–Crippen MR) is 202 cm³/mol. The van der Waals surface area contributed by atoms with Crippen LogP contribution in [0.5, 0.6) is 23.0 Å². The Morgan fingerprint density at radius 2 is 1.71 bits per heavy atom. The van der Waals surface area contributed by atoms with Gasteiger partial charge in [0, 0.05) is 71.8 Å². The molecule has 4 aromatic rings. The molecule has 3 aliphatic rings. The van der Waals surface area contributed by atoms with Gasteiger partial charge in [-0.1, -0.05) is 12.5 Å². The zero-order valence-electron chi connectivity index (χ0n) is 31.0. The highest BCUT2D eigenvalue weighted by atomic mass is 31.2. The van der Waals surface area contributed by atoms with Crippen LogP contribution in [0.3, 0.4) is 0 Å². The number of unbranched alkanes of at least 4 members (excludes halogenated alkanes) is 1. The molecule has 3 aromatic carbocycles. The van der Waals surface area contributed by atoms with E-state index in [1.54, 1.807) is 24.3 Å². The number of fused-ring (bicyclic) bond motifs is 6. The highest BCUT2D eigenvalue weighted by molar-refractivity contribution is 7.47. The van der Waals surface area contributed by atoms with Crippen molar-refractivity contribution in [3.63, 3.8) is 0 Å². The lowest BCUT2D eigenvalue weighted by atomic mass is 9.77. The van der Waals surface area contributed by atoms with Crippen LogP contribution in [0, 0.1) is 12.8 Å². The van der Waals surface area contributed by atoms with Crippen molar-refractivity contribution in [3.8, 4) is 23.0 Å². The van der Waals surface area contributed by atoms with E-state index in [2.05, 4.69) is 15.6 Å². The van der Waals surface area contributed by atoms with Crippen LogP contribution in [0.2, 0.25) is 0 Å². The van der Waals surface area contributed by atoms with Crippen LogP contribution in [0.15, 0.2) is 70.4 Å². The van der Waals surface area contributed by atoms with Crippen LogP contribution in [-0.4, -0.2) is 85.4 Å². The summed E-state index contributed by atoms with van der Waals surface area (Å²) in [4.78, 5) is 62.3. The number of carbonyl (C=O) groups is 2. The van der Waals surface area contributed by atoms with Crippen molar-refractivity contribution in [1.29, 1.82) is 0 Å². The number of carbonyl (C=O) groups excluding carboxylic acids is 2. The predicted octanol–water partition coefficient (Wildman–Crippen LogP) is 3.21. The second kappa shape index (κ2) is 16.4. The van der Waals surface area contributed by atoms with Crippen LogP contribution < -0.4 is 26.6 Å². The number of esters is 1. The largest absolute Gasteiger partial charge is 0.508 e. The number of ether oxygens (including phenoxy) is 3. The average Bonchev–Trinajstić information content (AvgIpc) is 3.69. The molecule has 0 aliphatic carbocycles. The number of phosphoric acid groups is 1. The van der Waals surface area contributed by atoms with E-state index in [0.717, 1.165) is 4.57 Å². The fourth-order valence-electron chi connectivity index (χ4n) is 7.19. The molecule has 1 spiro atoms. The smallest absolute Gasteiger partial charge is 0.472 e. The maximum absolute atomic E-state index is 13.4. The van der Waals surface area contributed by atoms with Gasteiger partial charge in [0.1, 0.15) is 35.3 Å². The summed E-state index contributed by atoms with van der Waals surface area (Å²) in [6.07, 6.45) is -0.522. The number of rotatable bonds is 14. The Kier molecular flexibility index (Phi) is 11.5. The van der Waals surface area contributed by atoms with Gasteiger partial charge in [-0.2, -0.15) is 0 Å². The van der Waals surface area contributed by atoms with Crippen molar-refractivity contribution in [2.45, 2.75) is 56.6 Å². The summed E-state index contributed by atoms with van der Waals surface area (Å²) in [6.45, 7) is 0.529. The number of phenolic OH excluding ortho intramolecular Hbond substituents is 2. The molecule has 308 valence electrons. The highest BCUT2D eigenvalue weighted by Gasteiger charge is 2.53. The van der Waals surface area contributed by atoms with Crippen LogP contribution in [0.4, 0.5) is 10.5 Å². The molecule has 7 rings (SSSR count). The number of aromatic hydroxyl groups is 2. The van der Waals surface area contributed by atoms with Crippen LogP contribution in [0.1, 0.15) is 64.5 Å². The number of nitrogens with zero attached hydrogens (tertiary/aromatic N) is 1. The first kappa shape index (κ1) is 40.7. The second-order valence-corrected chi connectivity index (χ2v) is 15.6. The summed E-state index contributed by atoms with van der Waals surface area (Å²) in [5.74, 6) is -0.848. The molecule has 1 aromatic heterocycles. The lowest BCUT2D eigenvalue weighted by Crippen LogP contribution is -2.33. The van der Waals surface area contributed by atoms with Gasteiger partial charge in [-0.15, -0.1) is 0 Å². The standard InChI is InChI=1S/C38H41N4O15P/c1-20-16-42(37(50)41-34(20)47)33-15-29(46)32(56-33)19-54-58(51,52)53-18-21(17-43)4-2-3-11-39-36(49)40-22-5-8-26-25(12-22)35(48)57-38(26)27-9-6-23(44)13-30(27)55-31-14-24(45)7-10-28(31)38/h5-10,12-14,16,21,29,32-33,43-46H,2-4,11,15,17-19H2,1H3,(H,51,52)(H2,39,40,49)(H,41,47,50)/t21?,29-,32+,33+/m0/s1. The topological polar surface area (TPSA) is 277 Å². The van der Waals surface area contributed by atoms with Crippen molar-refractivity contribution in [2.75, 3.05) is 31.7 Å². The summed E-state index contributed by atoms with van der Waals surface area (Å²) < 4.78 is 41.4. The third-order valence-electron chi connectivity index (χ3n) is 10.1. The van der Waals surface area contributed by atoms with Crippen molar-refractivity contribution in [1.82, 2.24) is 14.9 Å². The quantitative estimate of drug-likeness (QED) is 0.0515. The minimum absolute atomic E-state index is 0.0338. The molecule has 58 heavy (non-hydrogen) atoms. The number of phenols is 2. The van der Waals surface area contributed by atoms with E-state index in [9.17, 15) is 49.1 Å². The third kappa shape index (κ3) is 8.23. The van der Waals surface area contributed by atoms with Crippen LogP contribution in [0.25, 0.3) is 0 Å². The van der Waals surface area contributed by atoms with Crippen molar-refractivity contribution in [2.24, 2.45) is 5.92 Å². The summed E-state index contributed by atoms with van der Waals surface area (Å²) in [5, 5.41) is 45.9. The molecule has 4 heterocycles. The monoisotopic (exact) mass is 824 g/mol. The number of hydrogen-bond donors (Lipinski definition) is 8. The van der Waals surface area contributed by atoms with E-state index in [4.69, 9.17) is 23.3 Å². The second-order valence-electron chi connectivity index (χ2n) is 14.2. The lowest BCUT2D eigenvalue weighted by Gasteiger charge is -2.36. The summed E-state index contributed by atoms with van der Waals surface area (Å²) in [7, 11) is -4.63. The van der Waals surface area contributed by atoms with Gasteiger partial charge in [0.25, 0.3) is 5.56 Å². The molecule has 0 radical (unpaired) electrons. The Hall–Kier alpha value is -5.53. The average molecular weight is 825 g/mol. The molecular formula is C38H41N4O15P. The molecule has 2 unspecified atom stereocenters. The number of aryl methyl sites for hydroxylation is 1. The summed E-state index contributed by atoms with van der Waals surface area (Å²) in [5.41, 5.74) is -0.554. The van der Waals surface area contributed by atoms with Gasteiger partial charge >= 0.3 is 25.5 Å². The number of aromatic amines is 1. The molecule has 3 aliphatic heterocycles. The Morgan fingerprint density at radius 1 is 1.02 bits per heavy atom. The zero-order valence-corrected chi connectivity index (χ0v) is 31.8. The fraction of sp³-hybridized carbons (Fsp3) is 0.368. The first-order valence-electron chi connectivity index (χ1n) is 18.3. The SMILES string of the molecule is Cc1cn([C@H]2C[C@H](O)[C@@H](COP(=O)(O)OCC(CO)CCCCNC(=O)Nc3ccc4c(c3)C(=O)OC43c4ccc(O)cc4Oc4cc(O)ccc43)O2)c(=O)[nH]c1=O. The van der Waals surface area contributed by atoms with Gasteiger partial charge < -0.3 is 50.2 Å². The Bertz CT molecular complexity index is 2350. The van der Waals surface area contributed by atoms with E-state index >= 15 is 0 Å². The minimum atomic E-state index is -4.63. The van der Waals surface area contributed by atoms with Crippen molar-refractivity contribution >= 4 is 25.5 Å². The van der Waals surface area contributed by atoms with Gasteiger partial charge in [-0.25, -0.2) is 18.9 Å². The van der Waals surface area contributed by atoms with Gasteiger partial charge in [-0.05, 0) is 56.2 Å².